The largest absolute Gasteiger partial charge is 0.244 e. The molecule has 0 radical (unpaired) electrons. The van der Waals surface area contributed by atoms with Gasteiger partial charge in [-0.15, -0.1) is 11.6 Å². The van der Waals surface area contributed by atoms with E-state index in [1.54, 1.807) is 0 Å². The maximum absolute atomic E-state index is 13.7. The van der Waals surface area contributed by atoms with Crippen LogP contribution in [-0.4, -0.2) is 31.2 Å². The van der Waals surface area contributed by atoms with Crippen LogP contribution in [-0.2, 0) is 10.0 Å². The zero-order valence-electron chi connectivity index (χ0n) is 10.5. The number of rotatable bonds is 3. The summed E-state index contributed by atoms with van der Waals surface area (Å²) >= 11 is 17.2. The van der Waals surface area contributed by atoms with E-state index >= 15 is 0 Å². The van der Waals surface area contributed by atoms with Crippen molar-refractivity contribution in [3.63, 3.8) is 0 Å². The van der Waals surface area contributed by atoms with Crippen molar-refractivity contribution in [1.29, 1.82) is 0 Å². The second-order valence-corrected chi connectivity index (χ2v) is 7.55. The van der Waals surface area contributed by atoms with Crippen molar-refractivity contribution in [2.75, 3.05) is 12.4 Å². The Labute approximate surface area is 132 Å². The average Bonchev–Trinajstić information content (AvgIpc) is 2.44. The summed E-state index contributed by atoms with van der Waals surface area (Å²) in [6.07, 6.45) is 2.36. The van der Waals surface area contributed by atoms with E-state index in [2.05, 4.69) is 0 Å². The molecule has 0 saturated carbocycles. The minimum absolute atomic E-state index is 0.201. The fraction of sp³-hybridized carbons (Fsp3) is 0.500. The lowest BCUT2D eigenvalue weighted by molar-refractivity contribution is 0.271. The highest BCUT2D eigenvalue weighted by Crippen LogP contribution is 2.33. The fourth-order valence-corrected chi connectivity index (χ4v) is 5.09. The highest BCUT2D eigenvalue weighted by molar-refractivity contribution is 7.89. The van der Waals surface area contributed by atoms with Gasteiger partial charge in [-0.3, -0.25) is 0 Å². The number of sulfonamides is 1. The molecule has 1 aliphatic rings. The molecule has 1 heterocycles. The number of nitrogens with zero attached hydrogens (tertiary/aromatic N) is 1. The summed E-state index contributed by atoms with van der Waals surface area (Å²) in [6, 6.07) is 2.13. The van der Waals surface area contributed by atoms with Crippen molar-refractivity contribution in [1.82, 2.24) is 4.31 Å². The van der Waals surface area contributed by atoms with Gasteiger partial charge >= 0.3 is 0 Å². The van der Waals surface area contributed by atoms with E-state index in [0.29, 0.717) is 13.0 Å². The minimum atomic E-state index is -3.87. The molecular formula is C12H13Cl3FNO2S. The van der Waals surface area contributed by atoms with Gasteiger partial charge in [0.05, 0.1) is 10.0 Å². The molecule has 0 aromatic heterocycles. The summed E-state index contributed by atoms with van der Waals surface area (Å²) in [5, 5.41) is -0.683. The lowest BCUT2D eigenvalue weighted by Crippen LogP contribution is -2.44. The molecule has 1 aromatic rings. The van der Waals surface area contributed by atoms with Crippen molar-refractivity contribution in [2.24, 2.45) is 0 Å². The molecule has 1 unspecified atom stereocenters. The van der Waals surface area contributed by atoms with Crippen LogP contribution in [0.4, 0.5) is 4.39 Å². The first kappa shape index (κ1) is 16.3. The van der Waals surface area contributed by atoms with Crippen LogP contribution in [0.15, 0.2) is 17.0 Å². The van der Waals surface area contributed by atoms with Crippen LogP contribution < -0.4 is 0 Å². The monoisotopic (exact) mass is 359 g/mol. The van der Waals surface area contributed by atoms with Crippen LogP contribution in [0, 0.1) is 5.82 Å². The maximum Gasteiger partial charge on any atom is 0.244 e. The van der Waals surface area contributed by atoms with Gasteiger partial charge in [0, 0.05) is 18.5 Å². The maximum atomic E-state index is 13.7. The molecule has 0 aliphatic carbocycles. The predicted molar refractivity (Wildman–Crippen MR) is 78.7 cm³/mol. The van der Waals surface area contributed by atoms with Crippen molar-refractivity contribution in [3.05, 3.63) is 28.0 Å². The Hall–Kier alpha value is -0.0700. The average molecular weight is 361 g/mol. The molecule has 20 heavy (non-hydrogen) atoms. The number of alkyl halides is 1. The molecule has 0 N–H and O–H groups in total. The molecule has 1 aliphatic heterocycles. The summed E-state index contributed by atoms with van der Waals surface area (Å²) in [6.45, 7) is 0.361. The number of halogens is 4. The van der Waals surface area contributed by atoms with Crippen LogP contribution in [0.25, 0.3) is 0 Å². The SMILES string of the molecule is O=S(=O)(c1ccc(Cl)c(F)c1Cl)N1CCCCC1CCl. The van der Waals surface area contributed by atoms with Crippen molar-refractivity contribution < 1.29 is 12.8 Å². The summed E-state index contributed by atoms with van der Waals surface area (Å²) < 4.78 is 40.2. The minimum Gasteiger partial charge on any atom is -0.207 e. The van der Waals surface area contributed by atoms with E-state index in [1.807, 2.05) is 0 Å². The van der Waals surface area contributed by atoms with Gasteiger partial charge in [0.1, 0.15) is 4.90 Å². The Bertz CT molecular complexity index is 609. The lowest BCUT2D eigenvalue weighted by atomic mass is 10.1. The third-order valence-electron chi connectivity index (χ3n) is 3.34. The van der Waals surface area contributed by atoms with Gasteiger partial charge in [-0.2, -0.15) is 4.31 Å². The molecule has 2 rings (SSSR count). The summed E-state index contributed by atoms with van der Waals surface area (Å²) in [4.78, 5) is -0.266. The van der Waals surface area contributed by atoms with Gasteiger partial charge in [-0.05, 0) is 25.0 Å². The van der Waals surface area contributed by atoms with Crippen LogP contribution in [0.3, 0.4) is 0 Å². The summed E-state index contributed by atoms with van der Waals surface area (Å²) in [5.41, 5.74) is 0. The Kier molecular flexibility index (Phi) is 5.19. The van der Waals surface area contributed by atoms with Crippen LogP contribution >= 0.6 is 34.8 Å². The van der Waals surface area contributed by atoms with Crippen molar-refractivity contribution in [3.8, 4) is 0 Å². The number of benzene rings is 1. The molecule has 0 bridgehead atoms. The topological polar surface area (TPSA) is 37.4 Å². The van der Waals surface area contributed by atoms with E-state index in [-0.39, 0.29) is 21.8 Å². The van der Waals surface area contributed by atoms with Gasteiger partial charge in [-0.1, -0.05) is 29.6 Å². The lowest BCUT2D eigenvalue weighted by Gasteiger charge is -2.33. The molecule has 8 heteroatoms. The van der Waals surface area contributed by atoms with Gasteiger partial charge in [-0.25, -0.2) is 12.8 Å². The Balaban J connectivity index is 2.47. The molecule has 1 fully saturated rings. The first-order valence-electron chi connectivity index (χ1n) is 6.11. The van der Waals surface area contributed by atoms with Crippen LogP contribution in [0.5, 0.6) is 0 Å². The van der Waals surface area contributed by atoms with Gasteiger partial charge in [0.15, 0.2) is 5.82 Å². The predicted octanol–water partition coefficient (Wildman–Crippen LogP) is 3.91. The Morgan fingerprint density at radius 3 is 2.65 bits per heavy atom. The molecule has 112 valence electrons. The number of piperidine rings is 1. The molecular weight excluding hydrogens is 348 g/mol. The van der Waals surface area contributed by atoms with Gasteiger partial charge in [0.25, 0.3) is 0 Å². The van der Waals surface area contributed by atoms with Gasteiger partial charge < -0.3 is 0 Å². The van der Waals surface area contributed by atoms with E-state index in [1.165, 1.54) is 16.4 Å². The molecule has 3 nitrogen and oxygen atoms in total. The van der Waals surface area contributed by atoms with Crippen LogP contribution in [0.2, 0.25) is 10.0 Å². The third-order valence-corrected chi connectivity index (χ3v) is 6.46. The molecule has 0 spiro atoms. The highest BCUT2D eigenvalue weighted by atomic mass is 35.5. The first-order valence-corrected chi connectivity index (χ1v) is 8.84. The normalized spacial score (nSPS) is 21.1. The molecule has 0 amide bonds. The number of hydrogen-bond donors (Lipinski definition) is 0. The standard InChI is InChI=1S/C12H13Cl3FNO2S/c13-7-8-3-1-2-6-17(8)20(18,19)10-5-4-9(14)12(16)11(10)15/h4-5,8H,1-3,6-7H2. The van der Waals surface area contributed by atoms with Crippen molar-refractivity contribution >= 4 is 44.8 Å². The number of hydrogen-bond acceptors (Lipinski definition) is 2. The van der Waals surface area contributed by atoms with Gasteiger partial charge in [0.2, 0.25) is 10.0 Å². The zero-order valence-corrected chi connectivity index (χ0v) is 13.5. The first-order chi connectivity index (χ1) is 9.39. The molecule has 1 atom stereocenters. The third kappa shape index (κ3) is 2.92. The molecule has 1 saturated heterocycles. The Morgan fingerprint density at radius 1 is 1.30 bits per heavy atom. The second kappa shape index (κ2) is 6.36. The molecule has 1 aromatic carbocycles. The zero-order chi connectivity index (χ0) is 14.9. The summed E-state index contributed by atoms with van der Waals surface area (Å²) in [5.74, 6) is -0.721. The summed E-state index contributed by atoms with van der Waals surface area (Å²) in [7, 11) is -3.87. The quantitative estimate of drug-likeness (QED) is 0.605. The second-order valence-electron chi connectivity index (χ2n) is 4.59. The Morgan fingerprint density at radius 2 is 2.00 bits per heavy atom. The smallest absolute Gasteiger partial charge is 0.207 e. The van der Waals surface area contributed by atoms with E-state index in [4.69, 9.17) is 34.8 Å². The highest BCUT2D eigenvalue weighted by Gasteiger charge is 2.35. The van der Waals surface area contributed by atoms with Crippen LogP contribution in [0.1, 0.15) is 19.3 Å². The fourth-order valence-electron chi connectivity index (χ4n) is 2.28. The van der Waals surface area contributed by atoms with E-state index < -0.39 is 20.9 Å². The van der Waals surface area contributed by atoms with E-state index in [0.717, 1.165) is 12.8 Å². The van der Waals surface area contributed by atoms with E-state index in [9.17, 15) is 12.8 Å². The van der Waals surface area contributed by atoms with Crippen molar-refractivity contribution in [2.45, 2.75) is 30.2 Å².